The third-order valence-electron chi connectivity index (χ3n) is 3.21. The molecule has 0 radical (unpaired) electrons. The van der Waals surface area contributed by atoms with Crippen molar-refractivity contribution in [2.75, 3.05) is 0 Å². The van der Waals surface area contributed by atoms with Crippen LogP contribution in [0.5, 0.6) is 0 Å². The van der Waals surface area contributed by atoms with Crippen molar-refractivity contribution >= 4 is 12.2 Å². The van der Waals surface area contributed by atoms with E-state index in [-0.39, 0.29) is 0 Å². The van der Waals surface area contributed by atoms with Crippen molar-refractivity contribution in [3.05, 3.63) is 46.0 Å². The molecule has 16 heavy (non-hydrogen) atoms. The number of H-pyrrole nitrogens is 1. The van der Waals surface area contributed by atoms with Crippen LogP contribution in [-0.2, 0) is 12.8 Å². The molecule has 1 N–H and O–H groups in total. The number of hydrogen-bond acceptors (Lipinski definition) is 1. The van der Waals surface area contributed by atoms with Gasteiger partial charge in [-0.2, -0.15) is 0 Å². The molecule has 3 heteroatoms. The summed E-state index contributed by atoms with van der Waals surface area (Å²) < 4.78 is 2.82. The van der Waals surface area contributed by atoms with Gasteiger partial charge in [0.25, 0.3) is 0 Å². The summed E-state index contributed by atoms with van der Waals surface area (Å²) in [6.45, 7) is 2.03. The second-order valence-corrected chi connectivity index (χ2v) is 4.81. The van der Waals surface area contributed by atoms with E-state index in [0.717, 1.165) is 10.5 Å². The van der Waals surface area contributed by atoms with Crippen molar-refractivity contribution < 1.29 is 0 Å². The van der Waals surface area contributed by atoms with E-state index >= 15 is 0 Å². The van der Waals surface area contributed by atoms with Crippen LogP contribution < -0.4 is 0 Å². The highest BCUT2D eigenvalue weighted by Crippen LogP contribution is 2.24. The van der Waals surface area contributed by atoms with Gasteiger partial charge in [-0.15, -0.1) is 0 Å². The predicted octanol–water partition coefficient (Wildman–Crippen LogP) is 3.33. The third kappa shape index (κ3) is 1.52. The zero-order chi connectivity index (χ0) is 11.1. The van der Waals surface area contributed by atoms with Gasteiger partial charge in [-0.05, 0) is 61.7 Å². The van der Waals surface area contributed by atoms with Gasteiger partial charge in [-0.3, -0.25) is 4.57 Å². The van der Waals surface area contributed by atoms with E-state index in [1.54, 1.807) is 0 Å². The molecular weight excluding hydrogens is 216 g/mol. The van der Waals surface area contributed by atoms with E-state index in [2.05, 4.69) is 29.4 Å². The lowest BCUT2D eigenvalue weighted by Gasteiger charge is -2.05. The van der Waals surface area contributed by atoms with Crippen LogP contribution in [0.4, 0.5) is 0 Å². The van der Waals surface area contributed by atoms with Crippen molar-refractivity contribution in [1.82, 2.24) is 9.55 Å². The molecule has 0 bridgehead atoms. The highest BCUT2D eigenvalue weighted by atomic mass is 32.1. The van der Waals surface area contributed by atoms with Crippen molar-refractivity contribution in [3.63, 3.8) is 0 Å². The number of nitrogens with zero attached hydrogens (tertiary/aromatic N) is 1. The SMILES string of the molecule is Cc1cn(-c2ccc3c(c2)CCC3)c(=S)[nH]1. The molecule has 0 saturated heterocycles. The quantitative estimate of drug-likeness (QED) is 0.745. The molecule has 0 unspecified atom stereocenters. The van der Waals surface area contributed by atoms with Gasteiger partial charge >= 0.3 is 0 Å². The average Bonchev–Trinajstić information content (AvgIpc) is 2.83. The van der Waals surface area contributed by atoms with Gasteiger partial charge in [0.1, 0.15) is 0 Å². The van der Waals surface area contributed by atoms with Gasteiger partial charge in [0.2, 0.25) is 0 Å². The molecule has 1 aromatic heterocycles. The molecule has 1 aliphatic rings. The van der Waals surface area contributed by atoms with Crippen LogP contribution in [0.1, 0.15) is 23.2 Å². The number of fused-ring (bicyclic) bond motifs is 1. The highest BCUT2D eigenvalue weighted by molar-refractivity contribution is 7.71. The molecule has 1 aromatic carbocycles. The molecule has 2 nitrogen and oxygen atoms in total. The molecule has 0 amide bonds. The standard InChI is InChI=1S/C13H14N2S/c1-9-8-15(13(16)14-9)12-6-5-10-3-2-4-11(10)7-12/h5-8H,2-4H2,1H3,(H,14,16). The smallest absolute Gasteiger partial charge is 0.181 e. The maximum Gasteiger partial charge on any atom is 0.181 e. The normalized spacial score (nSPS) is 14.1. The summed E-state index contributed by atoms with van der Waals surface area (Å²) >= 11 is 5.29. The number of rotatable bonds is 1. The van der Waals surface area contributed by atoms with Crippen LogP contribution in [-0.4, -0.2) is 9.55 Å². The molecule has 2 aromatic rings. The Morgan fingerprint density at radius 3 is 2.81 bits per heavy atom. The first-order chi connectivity index (χ1) is 7.74. The van der Waals surface area contributed by atoms with Crippen molar-refractivity contribution in [3.8, 4) is 5.69 Å². The summed E-state index contributed by atoms with van der Waals surface area (Å²) in [5.41, 5.74) is 5.27. The Bertz CT molecular complexity index is 592. The van der Waals surface area contributed by atoms with Crippen LogP contribution in [0.15, 0.2) is 24.4 Å². The Morgan fingerprint density at radius 2 is 2.06 bits per heavy atom. The predicted molar refractivity (Wildman–Crippen MR) is 67.7 cm³/mol. The topological polar surface area (TPSA) is 20.7 Å². The van der Waals surface area contributed by atoms with Crippen molar-refractivity contribution in [2.24, 2.45) is 0 Å². The molecule has 3 rings (SSSR count). The number of aromatic amines is 1. The molecule has 0 fully saturated rings. The lowest BCUT2D eigenvalue weighted by atomic mass is 10.1. The largest absolute Gasteiger partial charge is 0.335 e. The van der Waals surface area contributed by atoms with Gasteiger partial charge in [-0.1, -0.05) is 6.07 Å². The van der Waals surface area contributed by atoms with Crippen LogP contribution >= 0.6 is 12.2 Å². The summed E-state index contributed by atoms with van der Waals surface area (Å²) in [6.07, 6.45) is 5.78. The number of nitrogens with one attached hydrogen (secondary N) is 1. The fourth-order valence-corrected chi connectivity index (χ4v) is 2.73. The fourth-order valence-electron chi connectivity index (χ4n) is 2.41. The van der Waals surface area contributed by atoms with Gasteiger partial charge < -0.3 is 4.98 Å². The number of benzene rings is 1. The monoisotopic (exact) mass is 230 g/mol. The van der Waals surface area contributed by atoms with E-state index in [4.69, 9.17) is 12.2 Å². The molecular formula is C13H14N2S. The molecule has 82 valence electrons. The van der Waals surface area contributed by atoms with E-state index in [1.807, 2.05) is 11.5 Å². The summed E-state index contributed by atoms with van der Waals surface area (Å²) in [5.74, 6) is 0. The number of hydrogen-bond donors (Lipinski definition) is 1. The Kier molecular flexibility index (Phi) is 2.21. The molecule has 0 atom stereocenters. The maximum atomic E-state index is 5.29. The van der Waals surface area contributed by atoms with Crippen LogP contribution in [0, 0.1) is 11.7 Å². The summed E-state index contributed by atoms with van der Waals surface area (Å²) in [6, 6.07) is 6.67. The Morgan fingerprint density at radius 1 is 1.25 bits per heavy atom. The van der Waals surface area contributed by atoms with Crippen LogP contribution in [0.25, 0.3) is 5.69 Å². The van der Waals surface area contributed by atoms with Gasteiger partial charge in [-0.25, -0.2) is 0 Å². The average molecular weight is 230 g/mol. The minimum atomic E-state index is 0.774. The summed E-state index contributed by atoms with van der Waals surface area (Å²) in [5, 5.41) is 0. The molecule has 1 aliphatic carbocycles. The van der Waals surface area contributed by atoms with E-state index in [9.17, 15) is 0 Å². The van der Waals surface area contributed by atoms with Crippen LogP contribution in [0.2, 0.25) is 0 Å². The third-order valence-corrected chi connectivity index (χ3v) is 3.50. The van der Waals surface area contributed by atoms with Gasteiger partial charge in [0.15, 0.2) is 4.77 Å². The molecule has 0 aliphatic heterocycles. The minimum Gasteiger partial charge on any atom is -0.335 e. The summed E-state index contributed by atoms with van der Waals surface area (Å²) in [7, 11) is 0. The zero-order valence-electron chi connectivity index (χ0n) is 9.29. The summed E-state index contributed by atoms with van der Waals surface area (Å²) in [4.78, 5) is 3.15. The number of aryl methyl sites for hydroxylation is 3. The van der Waals surface area contributed by atoms with E-state index in [0.29, 0.717) is 0 Å². The Balaban J connectivity index is 2.14. The van der Waals surface area contributed by atoms with E-state index in [1.165, 1.54) is 36.1 Å². The van der Waals surface area contributed by atoms with E-state index < -0.39 is 0 Å². The second kappa shape index (κ2) is 3.59. The maximum absolute atomic E-state index is 5.29. The second-order valence-electron chi connectivity index (χ2n) is 4.42. The number of aromatic nitrogens is 2. The van der Waals surface area contributed by atoms with Gasteiger partial charge in [0, 0.05) is 17.6 Å². The lowest BCUT2D eigenvalue weighted by molar-refractivity contribution is 0.911. The zero-order valence-corrected chi connectivity index (χ0v) is 10.1. The minimum absolute atomic E-state index is 0.774. The Hall–Kier alpha value is -1.35. The van der Waals surface area contributed by atoms with Crippen LogP contribution in [0.3, 0.4) is 0 Å². The van der Waals surface area contributed by atoms with Gasteiger partial charge in [0.05, 0.1) is 0 Å². The first-order valence-electron chi connectivity index (χ1n) is 5.64. The first-order valence-corrected chi connectivity index (χ1v) is 6.05. The first kappa shape index (κ1) is 9.85. The molecule has 0 saturated carbocycles. The number of imidazole rings is 1. The Labute approximate surface area is 99.9 Å². The fraction of sp³-hybridized carbons (Fsp3) is 0.308. The van der Waals surface area contributed by atoms with Crippen molar-refractivity contribution in [2.45, 2.75) is 26.2 Å². The molecule has 0 spiro atoms. The highest BCUT2D eigenvalue weighted by Gasteiger charge is 2.11. The van der Waals surface area contributed by atoms with Crippen molar-refractivity contribution in [1.29, 1.82) is 0 Å². The lowest BCUT2D eigenvalue weighted by Crippen LogP contribution is -1.94. The molecule has 1 heterocycles.